The number of rotatable bonds is 48. The van der Waals surface area contributed by atoms with Gasteiger partial charge < -0.3 is 0 Å². The molecule has 0 aromatic heterocycles. The van der Waals surface area contributed by atoms with Crippen molar-refractivity contribution in [1.82, 2.24) is 0 Å². The van der Waals surface area contributed by atoms with Crippen LogP contribution in [0.5, 0.6) is 0 Å². The molecule has 1 radical (unpaired) electrons. The van der Waals surface area contributed by atoms with E-state index < -0.39 is 0 Å². The fraction of sp³-hybridized carbons (Fsp3) is 0.879. The first-order valence-corrected chi connectivity index (χ1v) is 27.7. The molecule has 0 heteroatoms. The van der Waals surface area contributed by atoms with Gasteiger partial charge in [0, 0.05) is 0 Å². The van der Waals surface area contributed by atoms with Crippen LogP contribution in [0.4, 0.5) is 0 Å². The minimum atomic E-state index is 1.27. The molecular weight excluding hydrogens is 697 g/mol. The average Bonchev–Trinajstić information content (AvgIpc) is 3.22. The second-order valence-corrected chi connectivity index (χ2v) is 19.5. The van der Waals surface area contributed by atoms with E-state index in [-0.39, 0.29) is 0 Å². The van der Waals surface area contributed by atoms with Crippen molar-refractivity contribution in [2.75, 3.05) is 0 Å². The molecule has 1 aromatic carbocycles. The third kappa shape index (κ3) is 37.0. The van der Waals surface area contributed by atoms with E-state index in [1.54, 1.807) is 16.7 Å². The Labute approximate surface area is 368 Å². The van der Waals surface area contributed by atoms with Crippen LogP contribution in [0.3, 0.4) is 0 Å². The minimum Gasteiger partial charge on any atom is -0.0654 e. The summed E-state index contributed by atoms with van der Waals surface area (Å²) < 4.78 is 0. The zero-order chi connectivity index (χ0) is 41.7. The second kappa shape index (κ2) is 45.7. The Balaban J connectivity index is 2.38. The van der Waals surface area contributed by atoms with Crippen molar-refractivity contribution in [3.63, 3.8) is 0 Å². The molecule has 1 rings (SSSR count). The molecule has 0 saturated heterocycles. The van der Waals surface area contributed by atoms with E-state index in [1.807, 2.05) is 0 Å². The number of hydrogen-bond acceptors (Lipinski definition) is 0. The van der Waals surface area contributed by atoms with Gasteiger partial charge in [-0.15, -0.1) is 0 Å². The molecule has 0 unspecified atom stereocenters. The van der Waals surface area contributed by atoms with Crippen LogP contribution in [0.15, 0.2) is 12.1 Å². The zero-order valence-corrected chi connectivity index (χ0v) is 40.8. The molecule has 58 heavy (non-hydrogen) atoms. The summed E-state index contributed by atoms with van der Waals surface area (Å²) in [4.78, 5) is 0. The van der Waals surface area contributed by atoms with E-state index >= 15 is 0 Å². The molecule has 0 bridgehead atoms. The van der Waals surface area contributed by atoms with Gasteiger partial charge >= 0.3 is 0 Å². The van der Waals surface area contributed by atoms with Crippen LogP contribution in [0, 0.1) is 6.92 Å². The van der Waals surface area contributed by atoms with Gasteiger partial charge in [0.25, 0.3) is 0 Å². The molecule has 0 nitrogen and oxygen atoms in total. The Kier molecular flexibility index (Phi) is 43.6. The number of aryl methyl sites for hydroxylation is 2. The Bertz CT molecular complexity index is 871. The lowest BCUT2D eigenvalue weighted by Crippen LogP contribution is -2.03. The Morgan fingerprint density at radius 1 is 0.241 bits per heavy atom. The molecule has 0 aliphatic carbocycles. The summed E-state index contributed by atoms with van der Waals surface area (Å²) in [5, 5.41) is 0. The summed E-state index contributed by atoms with van der Waals surface area (Å²) in [5.74, 6) is 0. The first-order chi connectivity index (χ1) is 28.7. The van der Waals surface area contributed by atoms with Gasteiger partial charge in [0.1, 0.15) is 0 Å². The van der Waals surface area contributed by atoms with Crippen LogP contribution in [0.2, 0.25) is 0 Å². The summed E-state index contributed by atoms with van der Waals surface area (Å²) in [6.45, 7) is 11.5. The quantitative estimate of drug-likeness (QED) is 0.0576. The van der Waals surface area contributed by atoms with Gasteiger partial charge in [-0.1, -0.05) is 303 Å². The molecular formula is C58H109. The number of unbranched alkanes of at least 4 members (excludes halogenated alkanes) is 42. The highest BCUT2D eigenvalue weighted by Gasteiger charge is 2.11. The highest BCUT2D eigenvalue weighted by molar-refractivity contribution is 5.41. The van der Waals surface area contributed by atoms with Gasteiger partial charge in [0.15, 0.2) is 0 Å². The zero-order valence-electron chi connectivity index (χ0n) is 40.8. The smallest absolute Gasteiger partial charge is 0.0238 e. The largest absolute Gasteiger partial charge is 0.0654 e. The van der Waals surface area contributed by atoms with Crippen molar-refractivity contribution >= 4 is 0 Å². The van der Waals surface area contributed by atoms with E-state index in [0.717, 1.165) is 0 Å². The Hall–Kier alpha value is -0.780. The van der Waals surface area contributed by atoms with E-state index in [4.69, 9.17) is 0 Å². The summed E-state index contributed by atoms with van der Waals surface area (Å²) in [6, 6.07) is 4.97. The summed E-state index contributed by atoms with van der Waals surface area (Å²) in [7, 11) is 0. The number of hydrogen-bond donors (Lipinski definition) is 0. The van der Waals surface area contributed by atoms with Crippen molar-refractivity contribution in [2.24, 2.45) is 0 Å². The van der Waals surface area contributed by atoms with Gasteiger partial charge in [-0.05, 0) is 67.7 Å². The van der Waals surface area contributed by atoms with E-state index in [0.29, 0.717) is 0 Å². The Morgan fingerprint density at radius 2 is 0.414 bits per heavy atom. The lowest BCUT2D eigenvalue weighted by molar-refractivity contribution is 0.530. The third-order valence-corrected chi connectivity index (χ3v) is 13.6. The molecule has 0 aliphatic rings. The first-order valence-electron chi connectivity index (χ1n) is 27.7. The predicted molar refractivity (Wildman–Crippen MR) is 267 cm³/mol. The molecule has 0 N–H and O–H groups in total. The van der Waals surface area contributed by atoms with Crippen molar-refractivity contribution in [3.8, 4) is 0 Å². The first kappa shape index (κ1) is 55.2. The standard InChI is InChI=1S/C58H109/c1-5-8-11-14-17-20-23-26-29-32-35-38-41-44-47-50-56-53-55(4)54-57(51-48-45-42-39-36-33-30-27-24-21-18-15-12-9-6-2)58(56)52-49-46-43-40-37-34-31-28-25-22-19-16-13-10-7-3/h53-54H,4-52H2,1-3H3. The molecule has 0 saturated carbocycles. The van der Waals surface area contributed by atoms with Gasteiger partial charge in [-0.2, -0.15) is 0 Å². The molecule has 341 valence electrons. The third-order valence-electron chi connectivity index (χ3n) is 13.6. The van der Waals surface area contributed by atoms with Gasteiger partial charge in [-0.25, -0.2) is 0 Å². The van der Waals surface area contributed by atoms with E-state index in [1.165, 1.54) is 314 Å². The second-order valence-electron chi connectivity index (χ2n) is 19.5. The maximum absolute atomic E-state index is 4.50. The van der Waals surface area contributed by atoms with Crippen molar-refractivity contribution in [3.05, 3.63) is 41.3 Å². The van der Waals surface area contributed by atoms with Crippen LogP contribution < -0.4 is 0 Å². The fourth-order valence-corrected chi connectivity index (χ4v) is 9.68. The lowest BCUT2D eigenvalue weighted by Gasteiger charge is -2.17. The average molecular weight is 807 g/mol. The normalized spacial score (nSPS) is 11.7. The van der Waals surface area contributed by atoms with Gasteiger partial charge in [-0.3, -0.25) is 0 Å². The SMILES string of the molecule is [CH2]c1cc(CCCCCCCCCCCCCCCCC)c(CCCCCCCCCCCCCCCCC)c(CCCCCCCCCCCCCCCCC)c1. The molecule has 1 aromatic rings. The fourth-order valence-electron chi connectivity index (χ4n) is 9.68. The van der Waals surface area contributed by atoms with Crippen LogP contribution in [0.25, 0.3) is 0 Å². The van der Waals surface area contributed by atoms with Gasteiger partial charge in [0.05, 0.1) is 0 Å². The minimum absolute atomic E-state index is 1.27. The van der Waals surface area contributed by atoms with Crippen LogP contribution >= 0.6 is 0 Å². The maximum atomic E-state index is 4.50. The lowest BCUT2D eigenvalue weighted by atomic mass is 9.88. The summed E-state index contributed by atoms with van der Waals surface area (Å²) in [6.07, 6.45) is 68.9. The van der Waals surface area contributed by atoms with Crippen LogP contribution in [-0.2, 0) is 19.3 Å². The van der Waals surface area contributed by atoms with Crippen molar-refractivity contribution in [1.29, 1.82) is 0 Å². The summed E-state index contributed by atoms with van der Waals surface area (Å²) in [5.41, 5.74) is 6.36. The molecule has 0 spiro atoms. The molecule has 0 fully saturated rings. The van der Waals surface area contributed by atoms with E-state index in [9.17, 15) is 0 Å². The molecule has 0 amide bonds. The van der Waals surface area contributed by atoms with Crippen molar-refractivity contribution < 1.29 is 0 Å². The Morgan fingerprint density at radius 3 is 0.621 bits per heavy atom. The highest BCUT2D eigenvalue weighted by atomic mass is 14.2. The van der Waals surface area contributed by atoms with E-state index in [2.05, 4.69) is 39.8 Å². The highest BCUT2D eigenvalue weighted by Crippen LogP contribution is 2.26. The van der Waals surface area contributed by atoms with Crippen molar-refractivity contribution in [2.45, 2.75) is 329 Å². The molecule has 0 atom stereocenters. The molecule has 0 aliphatic heterocycles. The van der Waals surface area contributed by atoms with Gasteiger partial charge in [0.2, 0.25) is 0 Å². The maximum Gasteiger partial charge on any atom is -0.0238 e. The topological polar surface area (TPSA) is 0 Å². The monoisotopic (exact) mass is 806 g/mol. The molecule has 0 heterocycles. The van der Waals surface area contributed by atoms with Crippen LogP contribution in [0.1, 0.15) is 332 Å². The van der Waals surface area contributed by atoms with Crippen LogP contribution in [-0.4, -0.2) is 0 Å². The predicted octanol–water partition coefficient (Wildman–Crippen LogP) is 21.1. The summed E-state index contributed by atoms with van der Waals surface area (Å²) >= 11 is 0. The number of benzene rings is 1.